The van der Waals surface area contributed by atoms with Crippen molar-refractivity contribution in [3.05, 3.63) is 40.7 Å². The summed E-state index contributed by atoms with van der Waals surface area (Å²) in [6, 6.07) is 9.49. The number of hydrogen-bond donors (Lipinski definition) is 0. The van der Waals surface area contributed by atoms with Gasteiger partial charge < -0.3 is 14.2 Å². The summed E-state index contributed by atoms with van der Waals surface area (Å²) < 4.78 is 18.6. The van der Waals surface area contributed by atoms with Crippen LogP contribution in [0.5, 0.6) is 5.88 Å². The van der Waals surface area contributed by atoms with Crippen LogP contribution in [0.3, 0.4) is 0 Å². The zero-order chi connectivity index (χ0) is 15.0. The minimum Gasteiger partial charge on any atom is -0.609 e. The van der Waals surface area contributed by atoms with Gasteiger partial charge >= 0.3 is 5.16 Å². The van der Waals surface area contributed by atoms with Crippen LogP contribution >= 0.6 is 0 Å². The second kappa shape index (κ2) is 5.42. The monoisotopic (exact) mass is 305 g/mol. The molecule has 1 aliphatic rings. The topological polar surface area (TPSA) is 70.4 Å². The van der Waals surface area contributed by atoms with Crippen LogP contribution in [0.2, 0.25) is 0 Å². The van der Waals surface area contributed by atoms with E-state index in [2.05, 4.69) is 4.98 Å². The number of rotatable bonds is 3. The van der Waals surface area contributed by atoms with Crippen LogP contribution in [-0.2, 0) is 17.7 Å². The van der Waals surface area contributed by atoms with Crippen molar-refractivity contribution < 1.29 is 9.29 Å². The Balaban J connectivity index is 2.17. The summed E-state index contributed by atoms with van der Waals surface area (Å²) in [6.45, 7) is 0.424. The van der Waals surface area contributed by atoms with Crippen LogP contribution in [0, 0.1) is 0 Å². The van der Waals surface area contributed by atoms with Gasteiger partial charge in [0.05, 0.1) is 13.7 Å². The van der Waals surface area contributed by atoms with Gasteiger partial charge in [0.25, 0.3) is 5.56 Å². The molecule has 1 atom stereocenters. The van der Waals surface area contributed by atoms with E-state index in [-0.39, 0.29) is 11.4 Å². The van der Waals surface area contributed by atoms with Crippen LogP contribution in [0.25, 0.3) is 0 Å². The average Bonchev–Trinajstić information content (AvgIpc) is 2.89. The molecule has 110 valence electrons. The van der Waals surface area contributed by atoms with Gasteiger partial charge in [-0.3, -0.25) is 4.79 Å². The summed E-state index contributed by atoms with van der Waals surface area (Å²) in [6.07, 6.45) is 0. The highest BCUT2D eigenvalue weighted by Crippen LogP contribution is 2.30. The molecular formula is C14H15N3O3S. The lowest BCUT2D eigenvalue weighted by Crippen LogP contribution is -2.28. The first-order valence-corrected chi connectivity index (χ1v) is 7.81. The Labute approximate surface area is 125 Å². The third-order valence-corrected chi connectivity index (χ3v) is 4.73. The molecule has 0 spiro atoms. The molecule has 0 saturated heterocycles. The summed E-state index contributed by atoms with van der Waals surface area (Å²) >= 11 is -1.23. The third kappa shape index (κ3) is 2.28. The van der Waals surface area contributed by atoms with Crippen molar-refractivity contribution in [1.82, 2.24) is 9.55 Å². The molecule has 0 saturated carbocycles. The highest BCUT2D eigenvalue weighted by Gasteiger charge is 2.32. The maximum absolute atomic E-state index is 12.7. The van der Waals surface area contributed by atoms with Gasteiger partial charge in [0, 0.05) is 23.9 Å². The van der Waals surface area contributed by atoms with E-state index in [1.54, 1.807) is 11.9 Å². The molecule has 21 heavy (non-hydrogen) atoms. The van der Waals surface area contributed by atoms with Crippen molar-refractivity contribution in [2.75, 3.05) is 24.8 Å². The normalized spacial score (nSPS) is 16.6. The van der Waals surface area contributed by atoms with E-state index >= 15 is 0 Å². The van der Waals surface area contributed by atoms with Crippen molar-refractivity contribution in [2.45, 2.75) is 11.7 Å². The Morgan fingerprint density at radius 2 is 2.10 bits per heavy atom. The van der Waals surface area contributed by atoms with Gasteiger partial charge in [-0.25, -0.2) is 4.57 Å². The molecule has 0 amide bonds. The highest BCUT2D eigenvalue weighted by atomic mass is 32.2. The Hall–Kier alpha value is -1.99. The second-order valence-electron chi connectivity index (χ2n) is 4.65. The lowest BCUT2D eigenvalue weighted by Gasteiger charge is -2.20. The summed E-state index contributed by atoms with van der Waals surface area (Å²) in [4.78, 5) is 18.7. The minimum atomic E-state index is -1.23. The smallest absolute Gasteiger partial charge is 0.329 e. The molecule has 1 aliphatic heterocycles. The summed E-state index contributed by atoms with van der Waals surface area (Å²) in [5, 5.41) is 0.294. The van der Waals surface area contributed by atoms with Gasteiger partial charge in [-0.05, 0) is 12.1 Å². The minimum absolute atomic E-state index is 0.202. The fourth-order valence-corrected chi connectivity index (χ4v) is 3.49. The Kier molecular flexibility index (Phi) is 3.60. The van der Waals surface area contributed by atoms with Crippen LogP contribution in [-0.4, -0.2) is 34.0 Å². The second-order valence-corrected chi connectivity index (χ2v) is 6.12. The van der Waals surface area contributed by atoms with Crippen LogP contribution < -0.4 is 15.2 Å². The number of fused-ring (bicyclic) bond motifs is 1. The number of hydrogen-bond acceptors (Lipinski definition) is 5. The molecule has 0 radical (unpaired) electrons. The third-order valence-electron chi connectivity index (χ3n) is 3.45. The van der Waals surface area contributed by atoms with Crippen LogP contribution in [0.4, 0.5) is 11.4 Å². The maximum atomic E-state index is 12.7. The Morgan fingerprint density at radius 3 is 2.76 bits per heavy atom. The van der Waals surface area contributed by atoms with Crippen molar-refractivity contribution in [3.8, 4) is 5.88 Å². The molecule has 2 heterocycles. The molecule has 1 unspecified atom stereocenters. The zero-order valence-electron chi connectivity index (χ0n) is 11.8. The molecule has 2 aromatic rings. The first-order chi connectivity index (χ1) is 10.1. The van der Waals surface area contributed by atoms with E-state index in [1.165, 1.54) is 11.7 Å². The lowest BCUT2D eigenvalue weighted by molar-refractivity contribution is 0.387. The quantitative estimate of drug-likeness (QED) is 0.628. The number of aromatic nitrogens is 2. The summed E-state index contributed by atoms with van der Waals surface area (Å²) in [7, 11) is 3.24. The fourth-order valence-electron chi connectivity index (χ4n) is 2.35. The number of anilines is 2. The van der Waals surface area contributed by atoms with E-state index in [4.69, 9.17) is 4.74 Å². The molecule has 1 aromatic heterocycles. The molecule has 6 nitrogen and oxygen atoms in total. The first-order valence-electron chi connectivity index (χ1n) is 6.49. The van der Waals surface area contributed by atoms with E-state index < -0.39 is 11.2 Å². The van der Waals surface area contributed by atoms with Gasteiger partial charge in [0.2, 0.25) is 5.88 Å². The number of benzene rings is 1. The van der Waals surface area contributed by atoms with Crippen LogP contribution in [0.15, 0.2) is 40.3 Å². The summed E-state index contributed by atoms with van der Waals surface area (Å²) in [5.41, 5.74) is 0.981. The van der Waals surface area contributed by atoms with Crippen molar-refractivity contribution in [2.24, 2.45) is 0 Å². The number of para-hydroxylation sites is 1. The predicted octanol–water partition coefficient (Wildman–Crippen LogP) is 1.14. The molecule has 7 heteroatoms. The SMILES string of the molecule is COc1nc2n(c(=O)c1N(C)c1ccccc1)CC[S+]2[O-]. The number of ether oxygens (including phenoxy) is 1. The lowest BCUT2D eigenvalue weighted by atomic mass is 10.3. The molecule has 0 bridgehead atoms. The zero-order valence-corrected chi connectivity index (χ0v) is 12.6. The van der Waals surface area contributed by atoms with Gasteiger partial charge in [0.15, 0.2) is 5.69 Å². The first kappa shape index (κ1) is 14.0. The fraction of sp³-hybridized carbons (Fsp3) is 0.286. The standard InChI is InChI=1S/C14H15N3O3S/c1-16(10-6-4-3-5-7-10)11-12(20-2)15-14-17(13(11)18)8-9-21(14)19/h3-7H,8-9H2,1-2H3. The average molecular weight is 305 g/mol. The largest absolute Gasteiger partial charge is 0.609 e. The van der Waals surface area contributed by atoms with Crippen molar-refractivity contribution in [3.63, 3.8) is 0 Å². The number of methoxy groups -OCH3 is 1. The Bertz CT molecular complexity index is 717. The van der Waals surface area contributed by atoms with Gasteiger partial charge in [-0.2, -0.15) is 0 Å². The molecule has 0 aliphatic carbocycles. The molecule has 0 fully saturated rings. The van der Waals surface area contributed by atoms with E-state index in [0.717, 1.165) is 5.69 Å². The molecule has 1 aromatic carbocycles. The van der Waals surface area contributed by atoms with Gasteiger partial charge in [-0.15, -0.1) is 4.98 Å². The molecule has 0 N–H and O–H groups in total. The molecular weight excluding hydrogens is 290 g/mol. The number of nitrogens with zero attached hydrogens (tertiary/aromatic N) is 3. The molecule has 3 rings (SSSR count). The predicted molar refractivity (Wildman–Crippen MR) is 80.8 cm³/mol. The van der Waals surface area contributed by atoms with Crippen molar-refractivity contribution in [1.29, 1.82) is 0 Å². The Morgan fingerprint density at radius 1 is 1.38 bits per heavy atom. The summed E-state index contributed by atoms with van der Waals surface area (Å²) in [5.74, 6) is 0.622. The van der Waals surface area contributed by atoms with Crippen LogP contribution in [0.1, 0.15) is 0 Å². The van der Waals surface area contributed by atoms with Crippen molar-refractivity contribution >= 4 is 22.6 Å². The maximum Gasteiger partial charge on any atom is 0.329 e. The van der Waals surface area contributed by atoms with E-state index in [0.29, 0.717) is 23.1 Å². The van der Waals surface area contributed by atoms with E-state index in [9.17, 15) is 9.35 Å². The van der Waals surface area contributed by atoms with Gasteiger partial charge in [0.1, 0.15) is 5.75 Å². The van der Waals surface area contributed by atoms with E-state index in [1.807, 2.05) is 30.3 Å². The van der Waals surface area contributed by atoms with Gasteiger partial charge in [-0.1, -0.05) is 18.2 Å². The highest BCUT2D eigenvalue weighted by molar-refractivity contribution is 7.91.